The minimum atomic E-state index is -0.427. The fourth-order valence-corrected chi connectivity index (χ4v) is 4.68. The number of rotatable bonds is 8. The smallest absolute Gasteiger partial charge is 0.253 e. The Labute approximate surface area is 210 Å². The van der Waals surface area contributed by atoms with Crippen LogP contribution < -0.4 is 5.56 Å². The molecule has 2 heterocycles. The standard InChI is InChI=1S/C29H30N6O/c1-4-34(18-22-11-7-5-8-12-22)27(28-31-32-33-35(28)19-23-13-9-6-10-14-23)25-17-24-15-20(2)21(3)16-26(24)30-29(25)36/h5-17,27H,4,18-19H2,1-3H3,(H,30,36). The third-order valence-electron chi connectivity index (χ3n) is 6.76. The number of nitrogens with zero attached hydrogens (tertiary/aromatic N) is 5. The van der Waals surface area contributed by atoms with Gasteiger partial charge < -0.3 is 4.98 Å². The maximum Gasteiger partial charge on any atom is 0.253 e. The van der Waals surface area contributed by atoms with Gasteiger partial charge in [0.15, 0.2) is 5.82 Å². The van der Waals surface area contributed by atoms with Crippen LogP contribution in [0.3, 0.4) is 0 Å². The predicted octanol–water partition coefficient (Wildman–Crippen LogP) is 4.79. The van der Waals surface area contributed by atoms with Crippen LogP contribution in [0.4, 0.5) is 0 Å². The zero-order valence-electron chi connectivity index (χ0n) is 20.8. The summed E-state index contributed by atoms with van der Waals surface area (Å²) < 4.78 is 1.80. The normalized spacial score (nSPS) is 12.3. The minimum Gasteiger partial charge on any atom is -0.322 e. The number of H-pyrrole nitrogens is 1. The molecule has 1 N–H and O–H groups in total. The van der Waals surface area contributed by atoms with Crippen LogP contribution >= 0.6 is 0 Å². The van der Waals surface area contributed by atoms with E-state index in [1.54, 1.807) is 4.68 Å². The molecule has 0 aliphatic heterocycles. The summed E-state index contributed by atoms with van der Waals surface area (Å²) in [5.74, 6) is 0.644. The van der Waals surface area contributed by atoms with Crippen LogP contribution in [-0.4, -0.2) is 36.6 Å². The number of aryl methyl sites for hydroxylation is 2. The van der Waals surface area contributed by atoms with Gasteiger partial charge in [-0.3, -0.25) is 9.69 Å². The predicted molar refractivity (Wildman–Crippen MR) is 142 cm³/mol. The molecule has 7 heteroatoms. The van der Waals surface area contributed by atoms with E-state index in [-0.39, 0.29) is 5.56 Å². The number of aromatic amines is 1. The largest absolute Gasteiger partial charge is 0.322 e. The van der Waals surface area contributed by atoms with Crippen molar-refractivity contribution in [2.45, 2.75) is 39.9 Å². The number of nitrogens with one attached hydrogen (secondary N) is 1. The van der Waals surface area contributed by atoms with Crippen molar-refractivity contribution in [3.63, 3.8) is 0 Å². The topological polar surface area (TPSA) is 79.7 Å². The summed E-state index contributed by atoms with van der Waals surface area (Å²) in [6.45, 7) is 8.13. The van der Waals surface area contributed by atoms with Gasteiger partial charge in [-0.25, -0.2) is 4.68 Å². The monoisotopic (exact) mass is 478 g/mol. The Hall–Kier alpha value is -4.10. The average Bonchev–Trinajstić information content (AvgIpc) is 3.34. The summed E-state index contributed by atoms with van der Waals surface area (Å²) >= 11 is 0. The maximum absolute atomic E-state index is 13.5. The van der Waals surface area contributed by atoms with Gasteiger partial charge in [-0.05, 0) is 76.7 Å². The lowest BCUT2D eigenvalue weighted by molar-refractivity contribution is 0.214. The molecule has 1 atom stereocenters. The molecule has 0 aliphatic carbocycles. The number of benzene rings is 3. The highest BCUT2D eigenvalue weighted by Crippen LogP contribution is 2.29. The van der Waals surface area contributed by atoms with Gasteiger partial charge in [-0.15, -0.1) is 5.10 Å². The molecule has 0 radical (unpaired) electrons. The number of hydrogen-bond acceptors (Lipinski definition) is 5. The molecule has 7 nitrogen and oxygen atoms in total. The van der Waals surface area contributed by atoms with Gasteiger partial charge in [0.05, 0.1) is 6.54 Å². The van der Waals surface area contributed by atoms with Crippen molar-refractivity contribution in [1.29, 1.82) is 0 Å². The molecule has 1 unspecified atom stereocenters. The molecule has 5 rings (SSSR count). The van der Waals surface area contributed by atoms with E-state index in [4.69, 9.17) is 0 Å². The van der Waals surface area contributed by atoms with Crippen molar-refractivity contribution < 1.29 is 0 Å². The molecule has 0 spiro atoms. The van der Waals surface area contributed by atoms with Crippen molar-refractivity contribution >= 4 is 10.9 Å². The van der Waals surface area contributed by atoms with Gasteiger partial charge in [0.25, 0.3) is 5.56 Å². The van der Waals surface area contributed by atoms with E-state index in [9.17, 15) is 4.79 Å². The zero-order valence-corrected chi connectivity index (χ0v) is 20.8. The van der Waals surface area contributed by atoms with Crippen molar-refractivity contribution in [3.8, 4) is 0 Å². The fourth-order valence-electron chi connectivity index (χ4n) is 4.68. The average molecular weight is 479 g/mol. The van der Waals surface area contributed by atoms with E-state index in [0.717, 1.165) is 27.6 Å². The third-order valence-corrected chi connectivity index (χ3v) is 6.76. The summed E-state index contributed by atoms with van der Waals surface area (Å²) in [5.41, 5.74) is 5.92. The van der Waals surface area contributed by atoms with Crippen LogP contribution in [0.25, 0.3) is 10.9 Å². The van der Waals surface area contributed by atoms with Crippen LogP contribution in [-0.2, 0) is 13.1 Å². The fraction of sp³-hybridized carbons (Fsp3) is 0.241. The van der Waals surface area contributed by atoms with E-state index in [0.29, 0.717) is 31.0 Å². The van der Waals surface area contributed by atoms with Crippen LogP contribution in [0.5, 0.6) is 0 Å². The Morgan fingerprint density at radius 1 is 0.917 bits per heavy atom. The number of aromatic nitrogens is 5. The summed E-state index contributed by atoms with van der Waals surface area (Å²) in [5, 5.41) is 13.8. The molecule has 0 aliphatic rings. The van der Waals surface area contributed by atoms with E-state index in [1.165, 1.54) is 5.56 Å². The second kappa shape index (κ2) is 10.3. The first-order valence-corrected chi connectivity index (χ1v) is 12.3. The molecule has 0 amide bonds. The first kappa shape index (κ1) is 23.6. The van der Waals surface area contributed by atoms with Crippen LogP contribution in [0.15, 0.2) is 83.7 Å². The van der Waals surface area contributed by atoms with Crippen LogP contribution in [0.2, 0.25) is 0 Å². The highest BCUT2D eigenvalue weighted by atomic mass is 16.1. The van der Waals surface area contributed by atoms with Gasteiger partial charge in [0, 0.05) is 17.6 Å². The summed E-state index contributed by atoms with van der Waals surface area (Å²) in [6, 6.07) is 26.1. The molecule has 3 aromatic carbocycles. The summed E-state index contributed by atoms with van der Waals surface area (Å²) in [7, 11) is 0. The number of fused-ring (bicyclic) bond motifs is 1. The summed E-state index contributed by atoms with van der Waals surface area (Å²) in [6.07, 6.45) is 0. The summed E-state index contributed by atoms with van der Waals surface area (Å²) in [4.78, 5) is 18.9. The third kappa shape index (κ3) is 4.83. The van der Waals surface area contributed by atoms with Gasteiger partial charge in [0.1, 0.15) is 6.04 Å². The zero-order chi connectivity index (χ0) is 25.1. The highest BCUT2D eigenvalue weighted by Gasteiger charge is 2.30. The SMILES string of the molecule is CCN(Cc1ccccc1)C(c1cc2cc(C)c(C)cc2[nH]c1=O)c1nnnn1Cc1ccccc1. The van der Waals surface area contributed by atoms with Crippen molar-refractivity contribution in [2.24, 2.45) is 0 Å². The number of hydrogen-bond donors (Lipinski definition) is 1. The maximum atomic E-state index is 13.5. The molecule has 0 saturated heterocycles. The van der Waals surface area contributed by atoms with E-state index in [2.05, 4.69) is 76.5 Å². The lowest BCUT2D eigenvalue weighted by Crippen LogP contribution is -2.35. The van der Waals surface area contributed by atoms with E-state index in [1.807, 2.05) is 48.5 Å². The van der Waals surface area contributed by atoms with E-state index < -0.39 is 6.04 Å². The first-order chi connectivity index (χ1) is 17.5. The molecule has 36 heavy (non-hydrogen) atoms. The number of pyridine rings is 1. The Kier molecular flexibility index (Phi) is 6.73. The van der Waals surface area contributed by atoms with Gasteiger partial charge in [-0.2, -0.15) is 0 Å². The van der Waals surface area contributed by atoms with Gasteiger partial charge in [-0.1, -0.05) is 67.6 Å². The molecule has 182 valence electrons. The van der Waals surface area contributed by atoms with Crippen molar-refractivity contribution in [2.75, 3.05) is 6.54 Å². The Morgan fingerprint density at radius 2 is 1.58 bits per heavy atom. The molecule has 0 bridgehead atoms. The quantitative estimate of drug-likeness (QED) is 0.347. The van der Waals surface area contributed by atoms with Crippen molar-refractivity contribution in [3.05, 3.63) is 123 Å². The second-order valence-corrected chi connectivity index (χ2v) is 9.21. The van der Waals surface area contributed by atoms with Gasteiger partial charge >= 0.3 is 0 Å². The molecular formula is C29H30N6O. The van der Waals surface area contributed by atoms with Crippen LogP contribution in [0, 0.1) is 13.8 Å². The molecule has 2 aromatic heterocycles. The highest BCUT2D eigenvalue weighted by molar-refractivity contribution is 5.81. The Morgan fingerprint density at radius 3 is 2.28 bits per heavy atom. The van der Waals surface area contributed by atoms with Gasteiger partial charge in [0.2, 0.25) is 0 Å². The molecule has 0 fully saturated rings. The molecule has 0 saturated carbocycles. The molecule has 5 aromatic rings. The lowest BCUT2D eigenvalue weighted by atomic mass is 10.00. The van der Waals surface area contributed by atoms with Crippen LogP contribution in [0.1, 0.15) is 46.6 Å². The Balaban J connectivity index is 1.65. The van der Waals surface area contributed by atoms with Crippen molar-refractivity contribution in [1.82, 2.24) is 30.1 Å². The molecular weight excluding hydrogens is 448 g/mol. The van der Waals surface area contributed by atoms with E-state index >= 15 is 0 Å². The Bertz CT molecular complexity index is 1520. The first-order valence-electron chi connectivity index (χ1n) is 12.3. The minimum absolute atomic E-state index is 0.128. The lowest BCUT2D eigenvalue weighted by Gasteiger charge is -2.30. The number of tetrazole rings is 1. The second-order valence-electron chi connectivity index (χ2n) is 9.21.